The maximum absolute atomic E-state index is 12.9. The average molecular weight is 250 g/mol. The van der Waals surface area contributed by atoms with Gasteiger partial charge < -0.3 is 5.32 Å². The highest BCUT2D eigenvalue weighted by molar-refractivity contribution is 6.05. The van der Waals surface area contributed by atoms with Crippen LogP contribution in [0.25, 0.3) is 0 Å². The van der Waals surface area contributed by atoms with Gasteiger partial charge in [-0.05, 0) is 43.1 Å². The zero-order chi connectivity index (χ0) is 13.1. The van der Waals surface area contributed by atoms with E-state index in [2.05, 4.69) is 10.6 Å². The fourth-order valence-electron chi connectivity index (χ4n) is 2.04. The molecule has 0 radical (unpaired) electrons. The molecule has 18 heavy (non-hydrogen) atoms. The number of carbonyl (C=O) groups is 2. The largest absolute Gasteiger partial charge is 0.305 e. The van der Waals surface area contributed by atoms with E-state index in [1.807, 2.05) is 6.92 Å². The van der Waals surface area contributed by atoms with Crippen molar-refractivity contribution in [3.8, 4) is 0 Å². The standard InChI is InChI=1S/C13H15FN2O2/c1-8-6-10(14)3-2-9(8)4-5-15-11-7-12(17)16-13(11)18/h2-3,6,11,15H,4-5,7H2,1H3,(H,16,17,18). The van der Waals surface area contributed by atoms with Crippen molar-refractivity contribution in [3.63, 3.8) is 0 Å². The van der Waals surface area contributed by atoms with Gasteiger partial charge in [-0.2, -0.15) is 0 Å². The number of imide groups is 1. The number of hydrogen-bond donors (Lipinski definition) is 2. The molecule has 1 aliphatic heterocycles. The summed E-state index contributed by atoms with van der Waals surface area (Å²) in [7, 11) is 0. The molecule has 0 spiro atoms. The first-order chi connectivity index (χ1) is 8.56. The second-order valence-corrected chi connectivity index (χ2v) is 4.44. The van der Waals surface area contributed by atoms with Crippen molar-refractivity contribution in [2.45, 2.75) is 25.8 Å². The maximum Gasteiger partial charge on any atom is 0.244 e. The molecule has 2 amide bonds. The number of rotatable bonds is 4. The quantitative estimate of drug-likeness (QED) is 0.773. The molecule has 0 aromatic heterocycles. The van der Waals surface area contributed by atoms with Gasteiger partial charge in [0.2, 0.25) is 11.8 Å². The Morgan fingerprint density at radius 2 is 2.22 bits per heavy atom. The Hall–Kier alpha value is -1.75. The number of aryl methyl sites for hydroxylation is 1. The molecule has 96 valence electrons. The molecule has 0 saturated carbocycles. The molecule has 1 aromatic carbocycles. The molecule has 1 aromatic rings. The highest BCUT2D eigenvalue weighted by Crippen LogP contribution is 2.10. The van der Waals surface area contributed by atoms with Gasteiger partial charge in [0.15, 0.2) is 0 Å². The van der Waals surface area contributed by atoms with Gasteiger partial charge in [0.1, 0.15) is 5.82 Å². The average Bonchev–Trinajstić information content (AvgIpc) is 2.61. The van der Waals surface area contributed by atoms with E-state index < -0.39 is 6.04 Å². The van der Waals surface area contributed by atoms with Crippen molar-refractivity contribution >= 4 is 11.8 Å². The maximum atomic E-state index is 12.9. The molecule has 0 aliphatic carbocycles. The van der Waals surface area contributed by atoms with E-state index in [1.54, 1.807) is 6.07 Å². The molecule has 1 saturated heterocycles. The topological polar surface area (TPSA) is 58.2 Å². The lowest BCUT2D eigenvalue weighted by molar-refractivity contribution is -0.125. The second kappa shape index (κ2) is 5.27. The van der Waals surface area contributed by atoms with Crippen molar-refractivity contribution in [1.29, 1.82) is 0 Å². The van der Waals surface area contributed by atoms with Crippen LogP contribution in [0.4, 0.5) is 4.39 Å². The number of carbonyl (C=O) groups excluding carboxylic acids is 2. The fourth-order valence-corrected chi connectivity index (χ4v) is 2.04. The van der Waals surface area contributed by atoms with Crippen LogP contribution in [0.3, 0.4) is 0 Å². The first-order valence-electron chi connectivity index (χ1n) is 5.88. The van der Waals surface area contributed by atoms with Gasteiger partial charge in [0.05, 0.1) is 12.5 Å². The van der Waals surface area contributed by atoms with Gasteiger partial charge in [-0.1, -0.05) is 6.07 Å². The van der Waals surface area contributed by atoms with Crippen LogP contribution in [0.5, 0.6) is 0 Å². The summed E-state index contributed by atoms with van der Waals surface area (Å²) >= 11 is 0. The third kappa shape index (κ3) is 2.92. The normalized spacial score (nSPS) is 19.1. The van der Waals surface area contributed by atoms with Gasteiger partial charge in [-0.3, -0.25) is 14.9 Å². The lowest BCUT2D eigenvalue weighted by Gasteiger charge is -2.10. The summed E-state index contributed by atoms with van der Waals surface area (Å²) in [6.07, 6.45) is 0.894. The summed E-state index contributed by atoms with van der Waals surface area (Å²) in [4.78, 5) is 22.3. The minimum absolute atomic E-state index is 0.196. The van der Waals surface area contributed by atoms with Crippen LogP contribution < -0.4 is 10.6 Å². The molecule has 1 aliphatic rings. The van der Waals surface area contributed by atoms with Crippen LogP contribution in [0, 0.1) is 12.7 Å². The van der Waals surface area contributed by atoms with Crippen molar-refractivity contribution in [2.24, 2.45) is 0 Å². The third-order valence-electron chi connectivity index (χ3n) is 3.06. The lowest BCUT2D eigenvalue weighted by atomic mass is 10.1. The number of amides is 2. The molecule has 2 N–H and O–H groups in total. The Kier molecular flexibility index (Phi) is 3.72. The Bertz CT molecular complexity index is 488. The van der Waals surface area contributed by atoms with Crippen molar-refractivity contribution in [3.05, 3.63) is 35.1 Å². The van der Waals surface area contributed by atoms with Crippen LogP contribution in [0.15, 0.2) is 18.2 Å². The van der Waals surface area contributed by atoms with Crippen LogP contribution in [-0.4, -0.2) is 24.4 Å². The van der Waals surface area contributed by atoms with E-state index in [1.165, 1.54) is 12.1 Å². The number of hydrogen-bond acceptors (Lipinski definition) is 3. The van der Waals surface area contributed by atoms with E-state index in [0.717, 1.165) is 11.1 Å². The van der Waals surface area contributed by atoms with Crippen LogP contribution in [0.1, 0.15) is 17.5 Å². The smallest absolute Gasteiger partial charge is 0.244 e. The Morgan fingerprint density at radius 1 is 1.44 bits per heavy atom. The summed E-state index contributed by atoms with van der Waals surface area (Å²) in [5.74, 6) is -0.753. The van der Waals surface area contributed by atoms with E-state index in [4.69, 9.17) is 0 Å². The predicted octanol–water partition coefficient (Wildman–Crippen LogP) is 0.681. The number of halogens is 1. The second-order valence-electron chi connectivity index (χ2n) is 4.44. The summed E-state index contributed by atoms with van der Waals surface area (Å²) in [6.45, 7) is 2.43. The molecular formula is C13H15FN2O2. The van der Waals surface area contributed by atoms with E-state index in [9.17, 15) is 14.0 Å². The van der Waals surface area contributed by atoms with Gasteiger partial charge in [0, 0.05) is 0 Å². The fraction of sp³-hybridized carbons (Fsp3) is 0.385. The van der Waals surface area contributed by atoms with Crippen molar-refractivity contribution < 1.29 is 14.0 Å². The summed E-state index contributed by atoms with van der Waals surface area (Å²) in [5.41, 5.74) is 1.93. The highest BCUT2D eigenvalue weighted by atomic mass is 19.1. The molecular weight excluding hydrogens is 235 g/mol. The van der Waals surface area contributed by atoms with Crippen molar-refractivity contribution in [1.82, 2.24) is 10.6 Å². The zero-order valence-corrected chi connectivity index (χ0v) is 10.1. The van der Waals surface area contributed by atoms with Gasteiger partial charge in [0.25, 0.3) is 0 Å². The SMILES string of the molecule is Cc1cc(F)ccc1CCNC1CC(=O)NC1=O. The number of benzene rings is 1. The highest BCUT2D eigenvalue weighted by Gasteiger charge is 2.29. The molecule has 4 nitrogen and oxygen atoms in total. The molecule has 1 fully saturated rings. The first-order valence-corrected chi connectivity index (χ1v) is 5.88. The molecule has 1 unspecified atom stereocenters. The summed E-state index contributed by atoms with van der Waals surface area (Å²) < 4.78 is 12.9. The molecule has 1 atom stereocenters. The molecule has 5 heteroatoms. The van der Waals surface area contributed by atoms with E-state index >= 15 is 0 Å². The van der Waals surface area contributed by atoms with Crippen LogP contribution in [0.2, 0.25) is 0 Å². The minimum atomic E-state index is -0.432. The van der Waals surface area contributed by atoms with Gasteiger partial charge in [-0.15, -0.1) is 0 Å². The van der Waals surface area contributed by atoms with Gasteiger partial charge >= 0.3 is 0 Å². The van der Waals surface area contributed by atoms with Crippen LogP contribution in [-0.2, 0) is 16.0 Å². The molecule has 0 bridgehead atoms. The summed E-state index contributed by atoms with van der Waals surface area (Å²) in [5, 5.41) is 5.27. The zero-order valence-electron chi connectivity index (χ0n) is 10.1. The summed E-state index contributed by atoms with van der Waals surface area (Å²) in [6, 6.07) is 4.22. The monoisotopic (exact) mass is 250 g/mol. The van der Waals surface area contributed by atoms with E-state index in [-0.39, 0.29) is 24.1 Å². The molecule has 1 heterocycles. The van der Waals surface area contributed by atoms with Crippen LogP contribution >= 0.6 is 0 Å². The predicted molar refractivity (Wildman–Crippen MR) is 64.4 cm³/mol. The Morgan fingerprint density at radius 3 is 2.83 bits per heavy atom. The number of nitrogens with one attached hydrogen (secondary N) is 2. The lowest BCUT2D eigenvalue weighted by Crippen LogP contribution is -2.37. The van der Waals surface area contributed by atoms with Crippen molar-refractivity contribution in [2.75, 3.05) is 6.54 Å². The Balaban J connectivity index is 1.85. The van der Waals surface area contributed by atoms with Gasteiger partial charge in [-0.25, -0.2) is 4.39 Å². The first kappa shape index (κ1) is 12.7. The van der Waals surface area contributed by atoms with E-state index in [0.29, 0.717) is 13.0 Å². The Labute approximate surface area is 105 Å². The third-order valence-corrected chi connectivity index (χ3v) is 3.06. The minimum Gasteiger partial charge on any atom is -0.305 e. The molecule has 2 rings (SSSR count).